The Bertz CT molecular complexity index is 584. The van der Waals surface area contributed by atoms with Crippen molar-refractivity contribution in [2.45, 2.75) is 57.3 Å². The molecule has 1 amide bonds. The Morgan fingerprint density at radius 2 is 1.88 bits per heavy atom. The maximum Gasteiger partial charge on any atom is 0.319 e. The molecule has 7 nitrogen and oxygen atoms in total. The van der Waals surface area contributed by atoms with E-state index in [1.165, 1.54) is 0 Å². The minimum Gasteiger partial charge on any atom is -0.480 e. The molecule has 0 bridgehead atoms. The van der Waals surface area contributed by atoms with Crippen LogP contribution in [-0.2, 0) is 14.3 Å². The highest BCUT2D eigenvalue weighted by atomic mass is 16.5. The van der Waals surface area contributed by atoms with Crippen LogP contribution in [0.1, 0.15) is 63.0 Å². The summed E-state index contributed by atoms with van der Waals surface area (Å²) in [5, 5.41) is 19.5. The van der Waals surface area contributed by atoms with Crippen LogP contribution < -0.4 is 5.32 Å². The van der Waals surface area contributed by atoms with Crippen molar-refractivity contribution in [3.05, 3.63) is 11.8 Å². The van der Waals surface area contributed by atoms with Gasteiger partial charge in [0.1, 0.15) is 5.41 Å². The molecular weight excluding hydrogens is 310 g/mol. The Morgan fingerprint density at radius 1 is 1.21 bits per heavy atom. The molecule has 2 fully saturated rings. The van der Waals surface area contributed by atoms with E-state index in [1.54, 1.807) is 0 Å². The molecule has 1 saturated heterocycles. The molecule has 1 aliphatic carbocycles. The van der Waals surface area contributed by atoms with Gasteiger partial charge in [0.2, 0.25) is 5.91 Å². The van der Waals surface area contributed by atoms with Crippen molar-refractivity contribution >= 4 is 17.7 Å². The Morgan fingerprint density at radius 3 is 2.50 bits per heavy atom. The third-order valence-electron chi connectivity index (χ3n) is 5.30. The first-order valence-electron chi connectivity index (χ1n) is 8.80. The zero-order chi connectivity index (χ0) is 17.0. The van der Waals surface area contributed by atoms with E-state index in [-0.39, 0.29) is 0 Å². The number of carbonyl (C=O) groups is 2. The normalized spacial score (nSPS) is 21.8. The molecule has 0 spiro atoms. The second-order valence-electron chi connectivity index (χ2n) is 6.85. The summed E-state index contributed by atoms with van der Waals surface area (Å²) in [6, 6.07) is 1.82. The van der Waals surface area contributed by atoms with E-state index in [9.17, 15) is 14.7 Å². The lowest BCUT2D eigenvalue weighted by Crippen LogP contribution is -2.42. The van der Waals surface area contributed by atoms with Gasteiger partial charge in [-0.25, -0.2) is 0 Å². The number of hydrogen-bond donors (Lipinski definition) is 3. The van der Waals surface area contributed by atoms with E-state index in [1.807, 2.05) is 6.07 Å². The maximum absolute atomic E-state index is 12.7. The predicted octanol–water partition coefficient (Wildman–Crippen LogP) is 2.67. The number of nitrogens with zero attached hydrogens (tertiary/aromatic N) is 1. The number of H-pyrrole nitrogens is 1. The molecule has 3 rings (SSSR count). The molecule has 1 aromatic rings. The highest BCUT2D eigenvalue weighted by Gasteiger charge is 2.46. The first-order valence-corrected chi connectivity index (χ1v) is 8.80. The largest absolute Gasteiger partial charge is 0.480 e. The first kappa shape index (κ1) is 17.0. The van der Waals surface area contributed by atoms with Gasteiger partial charge in [0.05, 0.1) is 0 Å². The van der Waals surface area contributed by atoms with Gasteiger partial charge in [-0.2, -0.15) is 5.10 Å². The fourth-order valence-corrected chi connectivity index (χ4v) is 3.72. The van der Waals surface area contributed by atoms with Crippen molar-refractivity contribution in [1.82, 2.24) is 10.2 Å². The van der Waals surface area contributed by atoms with E-state index in [2.05, 4.69) is 15.5 Å². The standard InChI is InChI=1S/C17H25N3O4/c21-15(17(16(22)23)7-3-1-2-4-8-17)18-14-11-13(19-20-14)12-5-9-24-10-6-12/h11-12H,1-10H2,(H,22,23)(H2,18,19,20,21). The Labute approximate surface area is 141 Å². The van der Waals surface area contributed by atoms with Crippen molar-refractivity contribution in [2.24, 2.45) is 5.41 Å². The monoisotopic (exact) mass is 335 g/mol. The quantitative estimate of drug-likeness (QED) is 0.579. The summed E-state index contributed by atoms with van der Waals surface area (Å²) in [5.41, 5.74) is -0.354. The van der Waals surface area contributed by atoms with E-state index in [4.69, 9.17) is 4.74 Å². The second-order valence-corrected chi connectivity index (χ2v) is 6.85. The molecular formula is C17H25N3O4. The number of hydrogen-bond acceptors (Lipinski definition) is 4. The summed E-state index contributed by atoms with van der Waals surface area (Å²) < 4.78 is 5.35. The van der Waals surface area contributed by atoms with Crippen LogP contribution in [0.2, 0.25) is 0 Å². The van der Waals surface area contributed by atoms with E-state index in [0.29, 0.717) is 24.6 Å². The Balaban J connectivity index is 1.70. The molecule has 2 aliphatic rings. The number of carbonyl (C=O) groups excluding carboxylic acids is 1. The third kappa shape index (κ3) is 3.45. The zero-order valence-electron chi connectivity index (χ0n) is 13.8. The minimum atomic E-state index is -1.33. The molecule has 0 radical (unpaired) electrons. The molecule has 0 aromatic carbocycles. The number of ether oxygens (including phenoxy) is 1. The van der Waals surface area contributed by atoms with E-state index in [0.717, 1.165) is 57.4 Å². The molecule has 1 aliphatic heterocycles. The van der Waals surface area contributed by atoms with Gasteiger partial charge in [-0.05, 0) is 25.7 Å². The Kier molecular flexibility index (Phi) is 5.18. The van der Waals surface area contributed by atoms with Crippen molar-refractivity contribution in [3.8, 4) is 0 Å². The van der Waals surface area contributed by atoms with Gasteiger partial charge in [0.15, 0.2) is 5.82 Å². The van der Waals surface area contributed by atoms with Crippen LogP contribution in [0.5, 0.6) is 0 Å². The fourth-order valence-electron chi connectivity index (χ4n) is 3.72. The smallest absolute Gasteiger partial charge is 0.319 e. The summed E-state index contributed by atoms with van der Waals surface area (Å²) in [5.74, 6) is -0.710. The van der Waals surface area contributed by atoms with Gasteiger partial charge in [0.25, 0.3) is 0 Å². The van der Waals surface area contributed by atoms with Crippen molar-refractivity contribution in [1.29, 1.82) is 0 Å². The van der Waals surface area contributed by atoms with Gasteiger partial charge < -0.3 is 15.2 Å². The number of rotatable bonds is 4. The molecule has 0 atom stereocenters. The van der Waals surface area contributed by atoms with Crippen molar-refractivity contribution < 1.29 is 19.4 Å². The van der Waals surface area contributed by atoms with Crippen LogP contribution in [0, 0.1) is 5.41 Å². The fraction of sp³-hybridized carbons (Fsp3) is 0.706. The second kappa shape index (κ2) is 7.34. The van der Waals surface area contributed by atoms with Crippen LogP contribution in [-0.4, -0.2) is 40.4 Å². The minimum absolute atomic E-state index is 0.350. The lowest BCUT2D eigenvalue weighted by molar-refractivity contribution is -0.155. The van der Waals surface area contributed by atoms with Gasteiger partial charge in [-0.15, -0.1) is 0 Å². The van der Waals surface area contributed by atoms with Crippen LogP contribution in [0.15, 0.2) is 6.07 Å². The zero-order valence-corrected chi connectivity index (χ0v) is 13.8. The summed E-state index contributed by atoms with van der Waals surface area (Å²) >= 11 is 0. The van der Waals surface area contributed by atoms with Crippen LogP contribution in [0.3, 0.4) is 0 Å². The third-order valence-corrected chi connectivity index (χ3v) is 5.30. The highest BCUT2D eigenvalue weighted by Crippen LogP contribution is 2.37. The van der Waals surface area contributed by atoms with Crippen LogP contribution in [0.25, 0.3) is 0 Å². The number of aliphatic carboxylic acids is 1. The summed E-state index contributed by atoms with van der Waals surface area (Å²) in [4.78, 5) is 24.5. The number of aromatic amines is 1. The number of anilines is 1. The SMILES string of the molecule is O=C(O)C1(C(=O)Nc2cc(C3CCOCC3)[nH]n2)CCCCCC1. The van der Waals surface area contributed by atoms with Crippen molar-refractivity contribution in [2.75, 3.05) is 18.5 Å². The molecule has 132 valence electrons. The number of nitrogens with one attached hydrogen (secondary N) is 2. The Hall–Kier alpha value is -1.89. The topological polar surface area (TPSA) is 104 Å². The summed E-state index contributed by atoms with van der Waals surface area (Å²) in [6.07, 6.45) is 6.15. The van der Waals surface area contributed by atoms with Crippen LogP contribution in [0.4, 0.5) is 5.82 Å². The van der Waals surface area contributed by atoms with E-state index < -0.39 is 17.3 Å². The summed E-state index contributed by atoms with van der Waals surface area (Å²) in [7, 11) is 0. The number of carboxylic acid groups (broad SMARTS) is 1. The van der Waals surface area contributed by atoms with Crippen LogP contribution >= 0.6 is 0 Å². The molecule has 24 heavy (non-hydrogen) atoms. The van der Waals surface area contributed by atoms with Gasteiger partial charge in [0, 0.05) is 30.9 Å². The molecule has 2 heterocycles. The molecule has 0 unspecified atom stereocenters. The number of carboxylic acids is 1. The first-order chi connectivity index (χ1) is 11.6. The van der Waals surface area contributed by atoms with Gasteiger partial charge in [-0.1, -0.05) is 25.7 Å². The van der Waals surface area contributed by atoms with Gasteiger partial charge in [-0.3, -0.25) is 14.7 Å². The summed E-state index contributed by atoms with van der Waals surface area (Å²) in [6.45, 7) is 1.46. The average molecular weight is 335 g/mol. The predicted molar refractivity (Wildman–Crippen MR) is 87.8 cm³/mol. The average Bonchev–Trinajstić information content (AvgIpc) is 2.90. The number of aromatic nitrogens is 2. The molecule has 1 saturated carbocycles. The van der Waals surface area contributed by atoms with E-state index >= 15 is 0 Å². The number of amides is 1. The maximum atomic E-state index is 12.7. The van der Waals surface area contributed by atoms with Crippen molar-refractivity contribution in [3.63, 3.8) is 0 Å². The van der Waals surface area contributed by atoms with Gasteiger partial charge >= 0.3 is 5.97 Å². The lowest BCUT2D eigenvalue weighted by atomic mass is 9.79. The molecule has 7 heteroatoms. The molecule has 3 N–H and O–H groups in total. The highest BCUT2D eigenvalue weighted by molar-refractivity contribution is 6.08. The molecule has 1 aromatic heterocycles. The lowest BCUT2D eigenvalue weighted by Gasteiger charge is -2.26.